The number of nitrogens with zero attached hydrogens (tertiary/aromatic N) is 2. The maximum Gasteiger partial charge on any atom is 0.320 e. The van der Waals surface area contributed by atoms with Gasteiger partial charge < -0.3 is 10.6 Å². The molecule has 1 aromatic carbocycles. The van der Waals surface area contributed by atoms with Crippen LogP contribution in [0.2, 0.25) is 0 Å². The molecule has 0 radical (unpaired) electrons. The Hall–Kier alpha value is -1.44. The molecule has 1 aromatic heterocycles. The van der Waals surface area contributed by atoms with Crippen LogP contribution in [0.1, 0.15) is 38.1 Å². The summed E-state index contributed by atoms with van der Waals surface area (Å²) in [6, 6.07) is 6.84. The number of para-hydroxylation sites is 2. The predicted octanol–water partition coefficient (Wildman–Crippen LogP) is 3.71. The fraction of sp³-hybridized carbons (Fsp3) is 0.556. The van der Waals surface area contributed by atoms with E-state index in [9.17, 15) is 13.6 Å². The van der Waals surface area contributed by atoms with Crippen molar-refractivity contribution < 1.29 is 13.6 Å². The summed E-state index contributed by atoms with van der Waals surface area (Å²) in [6.45, 7) is -0.272. The number of hydrogen-bond donors (Lipinski definition) is 2. The number of hydrogen-bond acceptors (Lipinski definition) is 3. The molecule has 2 N–H and O–H groups in total. The van der Waals surface area contributed by atoms with Gasteiger partial charge in [-0.05, 0) is 50.4 Å². The molecule has 3 rings (SSSR count). The molecular weight excluding hydrogens is 397 g/mol. The third-order valence-electron chi connectivity index (χ3n) is 4.77. The Morgan fingerprint density at radius 1 is 1.26 bits per heavy atom. The van der Waals surface area contributed by atoms with Crippen LogP contribution in [0.4, 0.5) is 8.78 Å². The monoisotopic (exact) mass is 422 g/mol. The molecule has 0 unspecified atom stereocenters. The van der Waals surface area contributed by atoms with Crippen molar-refractivity contribution in [2.45, 2.75) is 38.7 Å². The number of aromatic nitrogens is 2. The lowest BCUT2D eigenvalue weighted by Crippen LogP contribution is -2.30. The van der Waals surface area contributed by atoms with Gasteiger partial charge in [0.05, 0.1) is 11.0 Å². The van der Waals surface area contributed by atoms with Crippen molar-refractivity contribution in [1.29, 1.82) is 0 Å². The van der Waals surface area contributed by atoms with Gasteiger partial charge in [0.15, 0.2) is 0 Å². The minimum atomic E-state index is -2.64. The van der Waals surface area contributed by atoms with Crippen LogP contribution in [-0.4, -0.2) is 35.1 Å². The van der Waals surface area contributed by atoms with Gasteiger partial charge in [-0.2, -0.15) is 8.78 Å². The van der Waals surface area contributed by atoms with E-state index < -0.39 is 6.55 Å². The summed E-state index contributed by atoms with van der Waals surface area (Å²) in [5.74, 6) is 0.892. The summed E-state index contributed by atoms with van der Waals surface area (Å²) in [7, 11) is 0. The number of halogens is 4. The van der Waals surface area contributed by atoms with Gasteiger partial charge >= 0.3 is 6.55 Å². The molecule has 5 nitrogen and oxygen atoms in total. The van der Waals surface area contributed by atoms with E-state index in [1.807, 2.05) is 0 Å². The Kier molecular flexibility index (Phi) is 9.98. The van der Waals surface area contributed by atoms with Crippen molar-refractivity contribution in [1.82, 2.24) is 20.2 Å². The van der Waals surface area contributed by atoms with Gasteiger partial charge in [0.25, 0.3) is 0 Å². The fourth-order valence-electron chi connectivity index (χ4n) is 3.40. The van der Waals surface area contributed by atoms with Crippen molar-refractivity contribution in [2.75, 3.05) is 19.6 Å². The molecule has 1 aliphatic heterocycles. The number of rotatable bonds is 7. The maximum absolute atomic E-state index is 13.3. The summed E-state index contributed by atoms with van der Waals surface area (Å²) in [4.78, 5) is 16.2. The molecule has 27 heavy (non-hydrogen) atoms. The average molecular weight is 423 g/mol. The van der Waals surface area contributed by atoms with Gasteiger partial charge in [0, 0.05) is 19.4 Å². The van der Waals surface area contributed by atoms with E-state index in [4.69, 9.17) is 0 Å². The summed E-state index contributed by atoms with van der Waals surface area (Å²) in [5.41, 5.74) is 0.972. The lowest BCUT2D eigenvalue weighted by Gasteiger charge is -2.22. The summed E-state index contributed by atoms with van der Waals surface area (Å²) >= 11 is 0. The number of piperidine rings is 1. The zero-order valence-electron chi connectivity index (χ0n) is 15.0. The fourth-order valence-corrected chi connectivity index (χ4v) is 3.40. The Morgan fingerprint density at radius 3 is 2.67 bits per heavy atom. The largest absolute Gasteiger partial charge is 0.356 e. The number of amides is 1. The number of benzene rings is 1. The highest BCUT2D eigenvalue weighted by atomic mass is 35.5. The highest BCUT2D eigenvalue weighted by molar-refractivity contribution is 5.85. The SMILES string of the molecule is Cl.Cl.O=C(CCC1CCNCC1)NCCc1nc2ccccc2n1C(F)F. The quantitative estimate of drug-likeness (QED) is 0.714. The first-order chi connectivity index (χ1) is 12.1. The van der Waals surface area contributed by atoms with E-state index in [-0.39, 0.29) is 37.1 Å². The van der Waals surface area contributed by atoms with Gasteiger partial charge in [0.2, 0.25) is 5.91 Å². The van der Waals surface area contributed by atoms with Crippen LogP contribution in [0.5, 0.6) is 0 Å². The number of alkyl halides is 2. The van der Waals surface area contributed by atoms with E-state index in [0.29, 0.717) is 35.7 Å². The highest BCUT2D eigenvalue weighted by Crippen LogP contribution is 2.23. The normalized spacial score (nSPS) is 14.6. The van der Waals surface area contributed by atoms with Crippen LogP contribution in [-0.2, 0) is 11.2 Å². The summed E-state index contributed by atoms with van der Waals surface area (Å²) in [6.07, 6.45) is 3.91. The molecule has 0 aliphatic carbocycles. The van der Waals surface area contributed by atoms with E-state index >= 15 is 0 Å². The second-order valence-corrected chi connectivity index (χ2v) is 6.50. The first kappa shape index (κ1) is 23.6. The van der Waals surface area contributed by atoms with Gasteiger partial charge in [-0.15, -0.1) is 24.8 Å². The molecule has 0 saturated carbocycles. The third-order valence-corrected chi connectivity index (χ3v) is 4.77. The van der Waals surface area contributed by atoms with E-state index in [2.05, 4.69) is 15.6 Å². The number of nitrogens with one attached hydrogen (secondary N) is 2. The van der Waals surface area contributed by atoms with E-state index in [0.717, 1.165) is 36.9 Å². The van der Waals surface area contributed by atoms with Crippen LogP contribution in [0.25, 0.3) is 11.0 Å². The molecule has 2 heterocycles. The Morgan fingerprint density at radius 2 is 1.96 bits per heavy atom. The van der Waals surface area contributed by atoms with Crippen molar-refractivity contribution in [3.8, 4) is 0 Å². The third kappa shape index (κ3) is 6.30. The number of imidazole rings is 1. The Balaban J connectivity index is 0.00000182. The maximum atomic E-state index is 13.3. The zero-order valence-corrected chi connectivity index (χ0v) is 16.6. The summed E-state index contributed by atoms with van der Waals surface area (Å²) < 4.78 is 27.6. The molecule has 9 heteroatoms. The molecule has 0 atom stereocenters. The highest BCUT2D eigenvalue weighted by Gasteiger charge is 2.18. The van der Waals surface area contributed by atoms with Crippen LogP contribution in [0, 0.1) is 5.92 Å². The smallest absolute Gasteiger partial charge is 0.320 e. The summed E-state index contributed by atoms with van der Waals surface area (Å²) in [5, 5.41) is 6.14. The lowest BCUT2D eigenvalue weighted by molar-refractivity contribution is -0.121. The molecule has 0 spiro atoms. The van der Waals surface area contributed by atoms with Crippen molar-refractivity contribution in [3.05, 3.63) is 30.1 Å². The number of fused-ring (bicyclic) bond motifs is 1. The topological polar surface area (TPSA) is 59.0 Å². The van der Waals surface area contributed by atoms with E-state index in [1.54, 1.807) is 24.3 Å². The second-order valence-electron chi connectivity index (χ2n) is 6.50. The standard InChI is InChI=1S/C18H24F2N4O.2ClH/c19-18(20)24-15-4-2-1-3-14(15)23-16(24)9-12-22-17(25)6-5-13-7-10-21-11-8-13;;/h1-4,13,18,21H,5-12H2,(H,22,25);2*1H. The minimum absolute atomic E-state index is 0. The molecule has 152 valence electrons. The molecule has 2 aromatic rings. The van der Waals surface area contributed by atoms with Crippen LogP contribution in [0.3, 0.4) is 0 Å². The van der Waals surface area contributed by atoms with Crippen LogP contribution < -0.4 is 10.6 Å². The Labute approximate surface area is 170 Å². The van der Waals surface area contributed by atoms with Crippen molar-refractivity contribution in [2.24, 2.45) is 5.92 Å². The second kappa shape index (κ2) is 11.4. The van der Waals surface area contributed by atoms with Gasteiger partial charge in [-0.1, -0.05) is 12.1 Å². The first-order valence-corrected chi connectivity index (χ1v) is 8.86. The zero-order chi connectivity index (χ0) is 17.6. The predicted molar refractivity (Wildman–Crippen MR) is 107 cm³/mol. The van der Waals surface area contributed by atoms with Gasteiger partial charge in [-0.3, -0.25) is 9.36 Å². The van der Waals surface area contributed by atoms with Gasteiger partial charge in [0.1, 0.15) is 5.82 Å². The van der Waals surface area contributed by atoms with Crippen LogP contribution in [0.15, 0.2) is 24.3 Å². The number of carbonyl (C=O) groups excluding carboxylic acids is 1. The molecule has 1 amide bonds. The average Bonchev–Trinajstić information content (AvgIpc) is 2.99. The van der Waals surface area contributed by atoms with Crippen LogP contribution >= 0.6 is 24.8 Å². The molecular formula is C18H26Cl2F2N4O. The van der Waals surface area contributed by atoms with Crippen molar-refractivity contribution in [3.63, 3.8) is 0 Å². The van der Waals surface area contributed by atoms with E-state index in [1.165, 1.54) is 0 Å². The lowest BCUT2D eigenvalue weighted by atomic mass is 9.93. The Bertz CT molecular complexity index is 720. The molecule has 1 fully saturated rings. The minimum Gasteiger partial charge on any atom is -0.356 e. The molecule has 1 aliphatic rings. The van der Waals surface area contributed by atoms with Crippen molar-refractivity contribution >= 4 is 41.8 Å². The van der Waals surface area contributed by atoms with Gasteiger partial charge in [-0.25, -0.2) is 4.98 Å². The number of carbonyl (C=O) groups is 1. The molecule has 1 saturated heterocycles. The first-order valence-electron chi connectivity index (χ1n) is 8.86. The molecule has 0 bridgehead atoms.